The zero-order valence-electron chi connectivity index (χ0n) is 11.5. The SMILES string of the molecule is CN(C)c1ccc(C2(O)CC3CCC(C2)S3=O)cc1. The minimum absolute atomic E-state index is 0.192. The number of rotatable bonds is 2. The summed E-state index contributed by atoms with van der Waals surface area (Å²) in [5.41, 5.74) is 1.34. The monoisotopic (exact) mass is 279 g/mol. The van der Waals surface area contributed by atoms with Crippen molar-refractivity contribution in [3.63, 3.8) is 0 Å². The number of benzene rings is 1. The standard InChI is InChI=1S/C15H21NO2S/c1-16(2)12-5-3-11(4-6-12)15(17)9-13-7-8-14(10-15)19(13)18/h3-6,13-14,17H,7-10H2,1-2H3. The second-order valence-electron chi connectivity index (χ2n) is 6.03. The van der Waals surface area contributed by atoms with Crippen LogP contribution in [0.25, 0.3) is 0 Å². The molecule has 0 aromatic heterocycles. The maximum Gasteiger partial charge on any atom is 0.0919 e. The lowest BCUT2D eigenvalue weighted by molar-refractivity contribution is 0.0185. The number of hydrogen-bond acceptors (Lipinski definition) is 3. The molecule has 1 aromatic carbocycles. The van der Waals surface area contributed by atoms with Crippen molar-refractivity contribution in [1.29, 1.82) is 0 Å². The third-order valence-electron chi connectivity index (χ3n) is 4.52. The van der Waals surface area contributed by atoms with E-state index in [0.29, 0.717) is 12.8 Å². The molecule has 3 nitrogen and oxygen atoms in total. The van der Waals surface area contributed by atoms with E-state index in [1.54, 1.807) is 0 Å². The van der Waals surface area contributed by atoms with E-state index in [9.17, 15) is 9.32 Å². The van der Waals surface area contributed by atoms with Crippen LogP contribution in [0.2, 0.25) is 0 Å². The highest BCUT2D eigenvalue weighted by Gasteiger charge is 2.48. The van der Waals surface area contributed by atoms with E-state index in [4.69, 9.17) is 0 Å². The minimum atomic E-state index is -0.773. The molecule has 2 aliphatic heterocycles. The zero-order valence-corrected chi connectivity index (χ0v) is 12.3. The van der Waals surface area contributed by atoms with Crippen molar-refractivity contribution in [1.82, 2.24) is 0 Å². The molecule has 0 radical (unpaired) electrons. The Hall–Kier alpha value is -0.870. The highest BCUT2D eigenvalue weighted by atomic mass is 32.2. The molecule has 104 valence electrons. The molecule has 0 amide bonds. The van der Waals surface area contributed by atoms with Crippen LogP contribution >= 0.6 is 0 Å². The number of nitrogens with zero attached hydrogens (tertiary/aromatic N) is 1. The third-order valence-corrected chi connectivity index (χ3v) is 6.64. The van der Waals surface area contributed by atoms with Crippen molar-refractivity contribution in [3.8, 4) is 0 Å². The van der Waals surface area contributed by atoms with Gasteiger partial charge in [0.25, 0.3) is 0 Å². The molecular weight excluding hydrogens is 258 g/mol. The predicted octanol–water partition coefficient (Wildman–Crippen LogP) is 2.01. The third kappa shape index (κ3) is 2.21. The summed E-state index contributed by atoms with van der Waals surface area (Å²) in [6.45, 7) is 0. The molecule has 0 aliphatic carbocycles. The first kappa shape index (κ1) is 13.1. The Labute approximate surface area is 117 Å². The van der Waals surface area contributed by atoms with E-state index in [-0.39, 0.29) is 10.5 Å². The molecule has 2 bridgehead atoms. The van der Waals surface area contributed by atoms with Crippen molar-refractivity contribution in [3.05, 3.63) is 29.8 Å². The van der Waals surface area contributed by atoms with Crippen molar-refractivity contribution in [2.24, 2.45) is 0 Å². The molecular formula is C15H21NO2S. The molecule has 19 heavy (non-hydrogen) atoms. The molecule has 0 spiro atoms. The number of aliphatic hydroxyl groups is 1. The fourth-order valence-corrected chi connectivity index (χ4v) is 5.55. The van der Waals surface area contributed by atoms with Gasteiger partial charge in [0.15, 0.2) is 0 Å². The van der Waals surface area contributed by atoms with Crippen molar-refractivity contribution < 1.29 is 9.32 Å². The number of fused-ring (bicyclic) bond motifs is 2. The predicted molar refractivity (Wildman–Crippen MR) is 78.9 cm³/mol. The van der Waals surface area contributed by atoms with Gasteiger partial charge in [0.1, 0.15) is 0 Å². The first-order chi connectivity index (χ1) is 8.99. The van der Waals surface area contributed by atoms with Gasteiger partial charge in [0.05, 0.1) is 5.60 Å². The Morgan fingerprint density at radius 3 is 2.16 bits per heavy atom. The van der Waals surface area contributed by atoms with Gasteiger partial charge in [-0.2, -0.15) is 0 Å². The number of anilines is 1. The lowest BCUT2D eigenvalue weighted by atomic mass is 9.86. The van der Waals surface area contributed by atoms with Gasteiger partial charge in [-0.1, -0.05) is 12.1 Å². The van der Waals surface area contributed by atoms with Gasteiger partial charge in [0.2, 0.25) is 0 Å². The summed E-state index contributed by atoms with van der Waals surface area (Å²) in [6, 6.07) is 8.12. The summed E-state index contributed by atoms with van der Waals surface area (Å²) in [6.07, 6.45) is 3.32. The molecule has 3 rings (SSSR count). The smallest absolute Gasteiger partial charge is 0.0919 e. The zero-order chi connectivity index (χ0) is 13.6. The Kier molecular flexibility index (Phi) is 3.18. The Balaban J connectivity index is 1.87. The molecule has 2 aliphatic rings. The normalized spacial score (nSPS) is 37.3. The van der Waals surface area contributed by atoms with Crippen LogP contribution in [0.1, 0.15) is 31.2 Å². The Morgan fingerprint density at radius 2 is 1.68 bits per heavy atom. The van der Waals surface area contributed by atoms with E-state index >= 15 is 0 Å². The molecule has 1 N–H and O–H groups in total. The molecule has 2 saturated heterocycles. The Bertz CT molecular complexity index is 481. The summed E-state index contributed by atoms with van der Waals surface area (Å²) in [7, 11) is 3.30. The van der Waals surface area contributed by atoms with Crippen molar-refractivity contribution in [2.75, 3.05) is 19.0 Å². The quantitative estimate of drug-likeness (QED) is 0.900. The highest BCUT2D eigenvalue weighted by molar-refractivity contribution is 7.86. The van der Waals surface area contributed by atoms with E-state index < -0.39 is 16.4 Å². The average molecular weight is 279 g/mol. The minimum Gasteiger partial charge on any atom is -0.385 e. The van der Waals surface area contributed by atoms with Gasteiger partial charge in [-0.3, -0.25) is 4.21 Å². The molecule has 2 atom stereocenters. The second kappa shape index (κ2) is 4.60. The molecule has 1 aromatic rings. The summed E-state index contributed by atoms with van der Waals surface area (Å²) in [4.78, 5) is 2.05. The second-order valence-corrected chi connectivity index (χ2v) is 8.02. The summed E-state index contributed by atoms with van der Waals surface area (Å²) in [5.74, 6) is 0. The highest BCUT2D eigenvalue weighted by Crippen LogP contribution is 2.45. The Morgan fingerprint density at radius 1 is 1.16 bits per heavy atom. The fraction of sp³-hybridized carbons (Fsp3) is 0.600. The lowest BCUT2D eigenvalue weighted by Crippen LogP contribution is -2.40. The summed E-state index contributed by atoms with van der Waals surface area (Å²) >= 11 is 0. The van der Waals surface area contributed by atoms with Crippen LogP contribution in [0.5, 0.6) is 0 Å². The maximum absolute atomic E-state index is 12.0. The van der Waals surface area contributed by atoms with Crippen LogP contribution in [0, 0.1) is 0 Å². The fourth-order valence-electron chi connectivity index (χ4n) is 3.39. The van der Waals surface area contributed by atoms with Crippen LogP contribution in [0.3, 0.4) is 0 Å². The van der Waals surface area contributed by atoms with Crippen molar-refractivity contribution >= 4 is 16.5 Å². The number of hydrogen-bond donors (Lipinski definition) is 1. The van der Waals surface area contributed by atoms with E-state index in [1.165, 1.54) is 0 Å². The topological polar surface area (TPSA) is 40.5 Å². The largest absolute Gasteiger partial charge is 0.385 e. The van der Waals surface area contributed by atoms with Gasteiger partial charge in [-0.05, 0) is 43.4 Å². The van der Waals surface area contributed by atoms with Crippen LogP contribution in [0.15, 0.2) is 24.3 Å². The molecule has 2 fully saturated rings. The first-order valence-corrected chi connectivity index (χ1v) is 8.17. The van der Waals surface area contributed by atoms with Gasteiger partial charge < -0.3 is 10.0 Å². The maximum atomic E-state index is 12.0. The van der Waals surface area contributed by atoms with Crippen LogP contribution in [-0.2, 0) is 16.4 Å². The van der Waals surface area contributed by atoms with Crippen LogP contribution in [0.4, 0.5) is 5.69 Å². The molecule has 0 saturated carbocycles. The molecule has 4 heteroatoms. The van der Waals surface area contributed by atoms with E-state index in [1.807, 2.05) is 43.3 Å². The van der Waals surface area contributed by atoms with Gasteiger partial charge in [-0.15, -0.1) is 0 Å². The lowest BCUT2D eigenvalue weighted by Gasteiger charge is -2.36. The van der Waals surface area contributed by atoms with Gasteiger partial charge in [0, 0.05) is 41.1 Å². The molecule has 2 heterocycles. The molecule has 2 unspecified atom stereocenters. The van der Waals surface area contributed by atoms with Gasteiger partial charge >= 0.3 is 0 Å². The first-order valence-electron chi connectivity index (χ1n) is 6.89. The summed E-state index contributed by atoms with van der Waals surface area (Å²) in [5, 5.41) is 11.3. The summed E-state index contributed by atoms with van der Waals surface area (Å²) < 4.78 is 12.0. The van der Waals surface area contributed by atoms with Crippen molar-refractivity contribution in [2.45, 2.75) is 41.8 Å². The van der Waals surface area contributed by atoms with E-state index in [0.717, 1.165) is 24.1 Å². The van der Waals surface area contributed by atoms with E-state index in [2.05, 4.69) is 0 Å². The van der Waals surface area contributed by atoms with Gasteiger partial charge in [-0.25, -0.2) is 0 Å². The van der Waals surface area contributed by atoms with Crippen LogP contribution in [-0.4, -0.2) is 33.9 Å². The average Bonchev–Trinajstić information content (AvgIpc) is 2.63. The van der Waals surface area contributed by atoms with Crippen LogP contribution < -0.4 is 4.90 Å².